The van der Waals surface area contributed by atoms with Crippen LogP contribution in [0.25, 0.3) is 22.5 Å². The van der Waals surface area contributed by atoms with Crippen LogP contribution >= 0.6 is 11.6 Å². The molecule has 1 N–H and O–H groups in total. The molecule has 8 nitrogen and oxygen atoms in total. The summed E-state index contributed by atoms with van der Waals surface area (Å²) in [5.41, 5.74) is 5.42. The van der Waals surface area contributed by atoms with E-state index in [1.165, 1.54) is 7.11 Å². The lowest BCUT2D eigenvalue weighted by molar-refractivity contribution is 0.0589. The number of carbonyl (C=O) groups excluding carboxylic acids is 1. The third kappa shape index (κ3) is 4.66. The van der Waals surface area contributed by atoms with Gasteiger partial charge in [0.15, 0.2) is 10.8 Å². The number of hydrogen-bond acceptors (Lipinski definition) is 6. The fourth-order valence-electron chi connectivity index (χ4n) is 3.93. The number of esters is 1. The third-order valence-corrected chi connectivity index (χ3v) is 5.84. The van der Waals surface area contributed by atoms with Gasteiger partial charge in [-0.3, -0.25) is 0 Å². The highest BCUT2D eigenvalue weighted by atomic mass is 35.5. The number of aromatic amines is 1. The molecule has 2 heterocycles. The molecule has 0 bridgehead atoms. The second kappa shape index (κ2) is 9.95. The van der Waals surface area contributed by atoms with Gasteiger partial charge in [0.2, 0.25) is 5.82 Å². The van der Waals surface area contributed by atoms with Crippen LogP contribution in [0.4, 0.5) is 0 Å². The number of imidazole rings is 1. The van der Waals surface area contributed by atoms with Crippen molar-refractivity contribution in [3.8, 4) is 22.5 Å². The molecule has 0 saturated carbocycles. The van der Waals surface area contributed by atoms with Crippen LogP contribution in [0.1, 0.15) is 47.2 Å². The number of rotatable bonds is 8. The van der Waals surface area contributed by atoms with Crippen LogP contribution in [0.15, 0.2) is 42.5 Å². The van der Waals surface area contributed by atoms with Gasteiger partial charge in [0.25, 0.3) is 0 Å². The highest BCUT2D eigenvalue weighted by Crippen LogP contribution is 2.33. The first kappa shape index (κ1) is 22.7. The second-order valence-corrected chi connectivity index (χ2v) is 8.14. The summed E-state index contributed by atoms with van der Waals surface area (Å²) in [6.07, 6.45) is 2.72. The number of ether oxygens (including phenoxy) is 1. The Labute approximate surface area is 197 Å². The number of tetrazole rings is 1. The van der Waals surface area contributed by atoms with Crippen molar-refractivity contribution in [3.05, 3.63) is 70.3 Å². The number of methoxy groups -OCH3 is 1. The minimum absolute atomic E-state index is 0.175. The van der Waals surface area contributed by atoms with Crippen LogP contribution in [0.5, 0.6) is 0 Å². The Bertz CT molecular complexity index is 1250. The fraction of sp³-hybridized carbons (Fsp3) is 0.292. The molecule has 0 atom stereocenters. The SMILES string of the molecule is CCCCc1nc(Cl)c(C(=O)OC)n1Cc1ccc(-c2c(C)cccc2-c2nn[nH]n2)cc1. The van der Waals surface area contributed by atoms with Crippen LogP contribution in [0, 0.1) is 6.92 Å². The zero-order valence-electron chi connectivity index (χ0n) is 18.8. The van der Waals surface area contributed by atoms with E-state index in [1.807, 2.05) is 28.8 Å². The van der Waals surface area contributed by atoms with E-state index >= 15 is 0 Å². The number of aryl methyl sites for hydroxylation is 2. The number of nitrogens with one attached hydrogen (secondary N) is 1. The molecule has 170 valence electrons. The number of aromatic nitrogens is 6. The quantitative estimate of drug-likeness (QED) is 0.373. The van der Waals surface area contributed by atoms with Gasteiger partial charge in [-0.15, -0.1) is 10.2 Å². The molecule has 0 unspecified atom stereocenters. The van der Waals surface area contributed by atoms with Crippen LogP contribution in [0.3, 0.4) is 0 Å². The second-order valence-electron chi connectivity index (χ2n) is 7.78. The molecule has 0 fully saturated rings. The molecule has 0 spiro atoms. The first-order valence-electron chi connectivity index (χ1n) is 10.8. The van der Waals surface area contributed by atoms with Crippen molar-refractivity contribution in [1.29, 1.82) is 0 Å². The van der Waals surface area contributed by atoms with Crippen LogP contribution in [-0.4, -0.2) is 43.3 Å². The van der Waals surface area contributed by atoms with Gasteiger partial charge in [0, 0.05) is 18.5 Å². The Morgan fingerprint density at radius 2 is 1.97 bits per heavy atom. The number of unbranched alkanes of at least 4 members (excludes halogenated alkanes) is 1. The van der Waals surface area contributed by atoms with Crippen molar-refractivity contribution in [2.75, 3.05) is 7.11 Å². The van der Waals surface area contributed by atoms with Gasteiger partial charge < -0.3 is 9.30 Å². The van der Waals surface area contributed by atoms with E-state index in [1.54, 1.807) is 0 Å². The standard InChI is InChI=1S/C24H25ClN6O2/c1-4-5-9-19-26-22(25)21(24(32)33-3)31(19)14-16-10-12-17(13-11-16)20-15(2)7-6-8-18(20)23-27-29-30-28-23/h6-8,10-13H,4-5,9,14H2,1-3H3,(H,27,28,29,30). The summed E-state index contributed by atoms with van der Waals surface area (Å²) in [5.74, 6) is 0.843. The molecule has 0 saturated heterocycles. The third-order valence-electron chi connectivity index (χ3n) is 5.58. The fourth-order valence-corrected chi connectivity index (χ4v) is 4.20. The lowest BCUT2D eigenvalue weighted by Crippen LogP contribution is -2.14. The molecule has 0 aliphatic carbocycles. The van der Waals surface area contributed by atoms with Gasteiger partial charge in [-0.2, -0.15) is 5.21 Å². The van der Waals surface area contributed by atoms with Crippen molar-refractivity contribution in [3.63, 3.8) is 0 Å². The lowest BCUT2D eigenvalue weighted by atomic mass is 9.94. The summed E-state index contributed by atoms with van der Waals surface area (Å²) >= 11 is 6.31. The maximum Gasteiger partial charge on any atom is 0.357 e. The molecule has 0 radical (unpaired) electrons. The van der Waals surface area contributed by atoms with E-state index in [4.69, 9.17) is 16.3 Å². The summed E-state index contributed by atoms with van der Waals surface area (Å²) in [7, 11) is 1.35. The summed E-state index contributed by atoms with van der Waals surface area (Å²) in [4.78, 5) is 16.8. The highest BCUT2D eigenvalue weighted by Gasteiger charge is 2.23. The number of carbonyl (C=O) groups is 1. The zero-order chi connectivity index (χ0) is 23.4. The number of benzene rings is 2. The maximum atomic E-state index is 12.4. The predicted molar refractivity (Wildman–Crippen MR) is 126 cm³/mol. The Morgan fingerprint density at radius 1 is 1.18 bits per heavy atom. The zero-order valence-corrected chi connectivity index (χ0v) is 19.6. The molecule has 2 aromatic heterocycles. The maximum absolute atomic E-state index is 12.4. The van der Waals surface area contributed by atoms with E-state index in [9.17, 15) is 4.79 Å². The molecule has 4 aromatic rings. The average Bonchev–Trinajstić information content (AvgIpc) is 3.46. The van der Waals surface area contributed by atoms with Gasteiger partial charge in [0.05, 0.1) is 7.11 Å². The average molecular weight is 465 g/mol. The van der Waals surface area contributed by atoms with Gasteiger partial charge in [-0.25, -0.2) is 9.78 Å². The number of H-pyrrole nitrogens is 1. The van der Waals surface area contributed by atoms with E-state index < -0.39 is 5.97 Å². The van der Waals surface area contributed by atoms with E-state index in [0.717, 1.165) is 52.9 Å². The van der Waals surface area contributed by atoms with Gasteiger partial charge >= 0.3 is 5.97 Å². The monoisotopic (exact) mass is 464 g/mol. The minimum atomic E-state index is -0.489. The predicted octanol–water partition coefficient (Wildman–Crippen LogP) is 4.87. The van der Waals surface area contributed by atoms with E-state index in [2.05, 4.69) is 57.7 Å². The summed E-state index contributed by atoms with van der Waals surface area (Å²) in [6.45, 7) is 4.64. The summed E-state index contributed by atoms with van der Waals surface area (Å²) in [5, 5.41) is 14.7. The molecule has 0 amide bonds. The van der Waals surface area contributed by atoms with Crippen LogP contribution in [-0.2, 0) is 17.7 Å². The lowest BCUT2D eigenvalue weighted by Gasteiger charge is -2.13. The van der Waals surface area contributed by atoms with Crippen LogP contribution < -0.4 is 0 Å². The van der Waals surface area contributed by atoms with E-state index in [0.29, 0.717) is 12.4 Å². The molecule has 0 aliphatic heterocycles. The number of halogens is 1. The molecule has 4 rings (SSSR count). The normalized spacial score (nSPS) is 11.0. The Hall–Kier alpha value is -3.52. The van der Waals surface area contributed by atoms with E-state index in [-0.39, 0.29) is 10.8 Å². The van der Waals surface area contributed by atoms with Crippen molar-refractivity contribution in [1.82, 2.24) is 30.2 Å². The topological polar surface area (TPSA) is 98.6 Å². The number of hydrogen-bond donors (Lipinski definition) is 1. The molecule has 0 aliphatic rings. The van der Waals surface area contributed by atoms with Gasteiger partial charge in [0.1, 0.15) is 5.82 Å². The first-order valence-corrected chi connectivity index (χ1v) is 11.2. The van der Waals surface area contributed by atoms with Crippen molar-refractivity contribution in [2.45, 2.75) is 39.7 Å². The first-order chi connectivity index (χ1) is 16.0. The highest BCUT2D eigenvalue weighted by molar-refractivity contribution is 6.32. The van der Waals surface area contributed by atoms with Crippen molar-refractivity contribution >= 4 is 17.6 Å². The Kier molecular flexibility index (Phi) is 6.84. The van der Waals surface area contributed by atoms with Crippen molar-refractivity contribution in [2.24, 2.45) is 0 Å². The largest absolute Gasteiger partial charge is 0.464 e. The van der Waals surface area contributed by atoms with Crippen LogP contribution in [0.2, 0.25) is 5.15 Å². The summed E-state index contributed by atoms with van der Waals surface area (Å²) in [6, 6.07) is 14.2. The smallest absolute Gasteiger partial charge is 0.357 e. The van der Waals surface area contributed by atoms with Crippen molar-refractivity contribution < 1.29 is 9.53 Å². The molecule has 33 heavy (non-hydrogen) atoms. The number of nitrogens with zero attached hydrogens (tertiary/aromatic N) is 5. The molecular formula is C24H25ClN6O2. The van der Waals surface area contributed by atoms with Gasteiger partial charge in [-0.05, 0) is 40.8 Å². The Morgan fingerprint density at radius 3 is 2.64 bits per heavy atom. The molecular weight excluding hydrogens is 440 g/mol. The summed E-state index contributed by atoms with van der Waals surface area (Å²) < 4.78 is 6.81. The minimum Gasteiger partial charge on any atom is -0.464 e. The Balaban J connectivity index is 1.69. The van der Waals surface area contributed by atoms with Gasteiger partial charge in [-0.1, -0.05) is 67.4 Å². The molecule has 2 aromatic carbocycles. The molecule has 9 heteroatoms.